The third-order valence-corrected chi connectivity index (χ3v) is 4.11. The molecule has 3 rings (SSSR count). The second-order valence-corrected chi connectivity index (χ2v) is 5.84. The summed E-state index contributed by atoms with van der Waals surface area (Å²) in [6, 6.07) is 7.50. The topological polar surface area (TPSA) is 68.0 Å². The lowest BCUT2D eigenvalue weighted by atomic mass is 10.1. The van der Waals surface area contributed by atoms with Crippen LogP contribution in [0.1, 0.15) is 18.2 Å². The lowest BCUT2D eigenvalue weighted by Crippen LogP contribution is -2.21. The fourth-order valence-corrected chi connectivity index (χ4v) is 2.83. The summed E-state index contributed by atoms with van der Waals surface area (Å²) in [5.41, 5.74) is 4.95. The molecule has 0 spiro atoms. The average molecular weight is 328 g/mol. The zero-order valence-corrected chi connectivity index (χ0v) is 13.6. The summed E-state index contributed by atoms with van der Waals surface area (Å²) in [7, 11) is 1.62. The van der Waals surface area contributed by atoms with Crippen LogP contribution in [0.25, 0.3) is 4.96 Å². The lowest BCUT2D eigenvalue weighted by Gasteiger charge is -2.04. The molecule has 23 heavy (non-hydrogen) atoms. The molecule has 3 aromatic rings. The van der Waals surface area contributed by atoms with Gasteiger partial charge in [0, 0.05) is 17.8 Å². The molecule has 0 saturated heterocycles. The maximum Gasteiger partial charge on any atom is 0.246 e. The molecule has 2 heterocycles. The third kappa shape index (κ3) is 3.57. The highest BCUT2D eigenvalue weighted by Gasteiger charge is 2.08. The van der Waals surface area contributed by atoms with E-state index in [0.717, 1.165) is 27.7 Å². The van der Waals surface area contributed by atoms with Crippen LogP contribution in [0.3, 0.4) is 0 Å². The molecule has 6 nitrogen and oxygen atoms in total. The number of hydrazone groups is 1. The second-order valence-electron chi connectivity index (χ2n) is 4.96. The first-order valence-corrected chi connectivity index (χ1v) is 7.92. The number of hydrogen-bond donors (Lipinski definition) is 1. The van der Waals surface area contributed by atoms with Crippen LogP contribution in [0.2, 0.25) is 0 Å². The molecule has 1 amide bonds. The summed E-state index contributed by atoms with van der Waals surface area (Å²) in [5, 5.41) is 6.08. The van der Waals surface area contributed by atoms with Crippen molar-refractivity contribution in [2.45, 2.75) is 13.3 Å². The zero-order valence-electron chi connectivity index (χ0n) is 12.8. The van der Waals surface area contributed by atoms with Crippen LogP contribution in [0.4, 0.5) is 0 Å². The largest absolute Gasteiger partial charge is 0.497 e. The second kappa shape index (κ2) is 6.62. The first kappa shape index (κ1) is 15.2. The van der Waals surface area contributed by atoms with Gasteiger partial charge in [-0.2, -0.15) is 5.10 Å². The summed E-state index contributed by atoms with van der Waals surface area (Å²) in [5.74, 6) is 0.592. The molecular formula is C16H16N4O2S. The van der Waals surface area contributed by atoms with Crippen LogP contribution in [-0.4, -0.2) is 28.1 Å². The highest BCUT2D eigenvalue weighted by atomic mass is 32.1. The Morgan fingerprint density at radius 3 is 2.87 bits per heavy atom. The normalized spacial score (nSPS) is 11.7. The quantitative estimate of drug-likeness (QED) is 0.578. The van der Waals surface area contributed by atoms with Gasteiger partial charge in [-0.3, -0.25) is 9.20 Å². The number of aromatic nitrogens is 2. The van der Waals surface area contributed by atoms with Crippen molar-refractivity contribution in [2.75, 3.05) is 7.11 Å². The molecule has 0 bridgehead atoms. The van der Waals surface area contributed by atoms with Gasteiger partial charge in [0.05, 0.1) is 24.9 Å². The van der Waals surface area contributed by atoms with Gasteiger partial charge < -0.3 is 4.74 Å². The van der Waals surface area contributed by atoms with E-state index in [-0.39, 0.29) is 12.3 Å². The standard InChI is InChI=1S/C16H16N4O2S/c1-11(12-3-5-14(22-2)6-4-12)18-19-15(21)9-13-10-20-7-8-23-16(20)17-13/h3-8,10H,9H2,1-2H3,(H,19,21). The first-order chi connectivity index (χ1) is 11.2. The molecule has 2 aromatic heterocycles. The van der Waals surface area contributed by atoms with Crippen molar-refractivity contribution in [2.24, 2.45) is 5.10 Å². The van der Waals surface area contributed by atoms with Crippen molar-refractivity contribution in [3.8, 4) is 5.75 Å². The highest BCUT2D eigenvalue weighted by molar-refractivity contribution is 7.15. The number of imidazole rings is 1. The van der Waals surface area contributed by atoms with E-state index in [9.17, 15) is 4.79 Å². The minimum Gasteiger partial charge on any atom is -0.497 e. The molecular weight excluding hydrogens is 312 g/mol. The lowest BCUT2D eigenvalue weighted by molar-refractivity contribution is -0.120. The number of fused-ring (bicyclic) bond motifs is 1. The van der Waals surface area contributed by atoms with Gasteiger partial charge >= 0.3 is 0 Å². The number of nitrogens with one attached hydrogen (secondary N) is 1. The van der Waals surface area contributed by atoms with Gasteiger partial charge in [-0.05, 0) is 36.8 Å². The van der Waals surface area contributed by atoms with Gasteiger partial charge in [0.2, 0.25) is 5.91 Å². The van der Waals surface area contributed by atoms with Crippen LogP contribution in [-0.2, 0) is 11.2 Å². The SMILES string of the molecule is COc1ccc(C(C)=NNC(=O)Cc2cn3ccsc3n2)cc1. The number of amides is 1. The fraction of sp³-hybridized carbons (Fsp3) is 0.188. The molecule has 0 aliphatic rings. The Balaban J connectivity index is 1.61. The van der Waals surface area contributed by atoms with Crippen LogP contribution in [0.15, 0.2) is 47.1 Å². The van der Waals surface area contributed by atoms with Crippen LogP contribution < -0.4 is 10.2 Å². The molecule has 0 fully saturated rings. The highest BCUT2D eigenvalue weighted by Crippen LogP contribution is 2.12. The minimum atomic E-state index is -0.191. The van der Waals surface area contributed by atoms with Crippen molar-refractivity contribution < 1.29 is 9.53 Å². The van der Waals surface area contributed by atoms with Gasteiger partial charge in [-0.15, -0.1) is 11.3 Å². The Morgan fingerprint density at radius 1 is 1.39 bits per heavy atom. The third-order valence-electron chi connectivity index (χ3n) is 3.34. The summed E-state index contributed by atoms with van der Waals surface area (Å²) in [4.78, 5) is 17.2. The van der Waals surface area contributed by atoms with Crippen molar-refractivity contribution in [1.29, 1.82) is 0 Å². The maximum absolute atomic E-state index is 12.0. The van der Waals surface area contributed by atoms with Crippen molar-refractivity contribution in [3.63, 3.8) is 0 Å². The number of hydrogen-bond acceptors (Lipinski definition) is 5. The molecule has 1 N–H and O–H groups in total. The van der Waals surface area contributed by atoms with Gasteiger partial charge in [-0.25, -0.2) is 10.4 Å². The molecule has 0 atom stereocenters. The predicted molar refractivity (Wildman–Crippen MR) is 90.1 cm³/mol. The Morgan fingerprint density at radius 2 is 2.17 bits per heavy atom. The summed E-state index contributed by atoms with van der Waals surface area (Å²) in [6.45, 7) is 1.84. The average Bonchev–Trinajstić information content (AvgIpc) is 3.14. The Bertz CT molecular complexity index is 820. The number of carbonyl (C=O) groups is 1. The molecule has 0 aliphatic heterocycles. The monoisotopic (exact) mass is 328 g/mol. The van der Waals surface area contributed by atoms with E-state index in [2.05, 4.69) is 15.5 Å². The maximum atomic E-state index is 12.0. The minimum absolute atomic E-state index is 0.191. The number of thiazole rings is 1. The van der Waals surface area contributed by atoms with Crippen molar-refractivity contribution in [3.05, 3.63) is 53.3 Å². The number of carbonyl (C=O) groups excluding carboxylic acids is 1. The van der Waals surface area contributed by atoms with Crippen LogP contribution in [0.5, 0.6) is 5.75 Å². The van der Waals surface area contributed by atoms with E-state index >= 15 is 0 Å². The molecule has 118 valence electrons. The predicted octanol–water partition coefficient (Wildman–Crippen LogP) is 2.49. The molecule has 1 aromatic carbocycles. The van der Waals surface area contributed by atoms with E-state index in [4.69, 9.17) is 4.74 Å². The van der Waals surface area contributed by atoms with E-state index in [0.29, 0.717) is 0 Å². The first-order valence-electron chi connectivity index (χ1n) is 7.04. The Hall–Kier alpha value is -2.67. The van der Waals surface area contributed by atoms with Gasteiger partial charge in [0.15, 0.2) is 4.96 Å². The Labute approximate surface area is 137 Å². The molecule has 7 heteroatoms. The van der Waals surface area contributed by atoms with E-state index in [1.807, 2.05) is 53.4 Å². The molecule has 0 unspecified atom stereocenters. The van der Waals surface area contributed by atoms with Crippen LogP contribution >= 0.6 is 11.3 Å². The molecule has 0 saturated carbocycles. The number of methoxy groups -OCH3 is 1. The summed E-state index contributed by atoms with van der Waals surface area (Å²) >= 11 is 1.54. The number of nitrogens with zero attached hydrogens (tertiary/aromatic N) is 3. The smallest absolute Gasteiger partial charge is 0.246 e. The Kier molecular flexibility index (Phi) is 4.38. The zero-order chi connectivity index (χ0) is 16.2. The van der Waals surface area contributed by atoms with E-state index < -0.39 is 0 Å². The van der Waals surface area contributed by atoms with Gasteiger partial charge in [0.1, 0.15) is 5.75 Å². The number of ether oxygens (including phenoxy) is 1. The van der Waals surface area contributed by atoms with Crippen molar-refractivity contribution >= 4 is 27.9 Å². The van der Waals surface area contributed by atoms with Gasteiger partial charge in [0.25, 0.3) is 0 Å². The summed E-state index contributed by atoms with van der Waals surface area (Å²) in [6.07, 6.45) is 3.97. The number of rotatable bonds is 5. The fourth-order valence-electron chi connectivity index (χ4n) is 2.11. The van der Waals surface area contributed by atoms with Gasteiger partial charge in [-0.1, -0.05) is 0 Å². The van der Waals surface area contributed by atoms with E-state index in [1.165, 1.54) is 11.3 Å². The van der Waals surface area contributed by atoms with E-state index in [1.54, 1.807) is 7.11 Å². The number of benzene rings is 1. The molecule has 0 aliphatic carbocycles. The molecule has 0 radical (unpaired) electrons. The van der Waals surface area contributed by atoms with Crippen LogP contribution in [0, 0.1) is 0 Å². The summed E-state index contributed by atoms with van der Waals surface area (Å²) < 4.78 is 7.02. The van der Waals surface area contributed by atoms with Crippen molar-refractivity contribution in [1.82, 2.24) is 14.8 Å².